The number of rotatable bonds is 6. The van der Waals surface area contributed by atoms with Crippen molar-refractivity contribution in [3.05, 3.63) is 66.2 Å². The van der Waals surface area contributed by atoms with Crippen LogP contribution in [0.25, 0.3) is 10.8 Å². The molecule has 164 valence electrons. The second kappa shape index (κ2) is 8.22. The lowest BCUT2D eigenvalue weighted by molar-refractivity contribution is -0.133. The number of nitrogens with one attached hydrogen (secondary N) is 2. The predicted octanol–water partition coefficient (Wildman–Crippen LogP) is 3.26. The first-order chi connectivity index (χ1) is 15.4. The van der Waals surface area contributed by atoms with Gasteiger partial charge in [0.2, 0.25) is 5.91 Å². The molecule has 1 unspecified atom stereocenters. The summed E-state index contributed by atoms with van der Waals surface area (Å²) in [5.41, 5.74) is -0.212. The normalized spacial score (nSPS) is 17.9. The Morgan fingerprint density at radius 3 is 2.47 bits per heavy atom. The Morgan fingerprint density at radius 1 is 1.00 bits per heavy atom. The number of nitrogens with zero attached hydrogens (tertiary/aromatic N) is 1. The summed E-state index contributed by atoms with van der Waals surface area (Å²) < 4.78 is 10.4. The zero-order chi connectivity index (χ0) is 22.9. The number of methoxy groups -OCH3 is 2. The van der Waals surface area contributed by atoms with E-state index in [0.29, 0.717) is 22.7 Å². The van der Waals surface area contributed by atoms with Crippen LogP contribution in [0.3, 0.4) is 0 Å². The van der Waals surface area contributed by atoms with E-state index in [9.17, 15) is 14.4 Å². The number of urea groups is 1. The molecule has 8 nitrogen and oxygen atoms in total. The van der Waals surface area contributed by atoms with Gasteiger partial charge in [-0.2, -0.15) is 0 Å². The van der Waals surface area contributed by atoms with Gasteiger partial charge in [0.1, 0.15) is 23.6 Å². The molecule has 3 aromatic carbocycles. The molecule has 1 atom stereocenters. The van der Waals surface area contributed by atoms with Crippen molar-refractivity contribution < 1.29 is 23.9 Å². The largest absolute Gasteiger partial charge is 0.497 e. The number of fused-ring (bicyclic) bond motifs is 1. The maximum atomic E-state index is 13.2. The molecule has 0 bridgehead atoms. The monoisotopic (exact) mass is 433 g/mol. The highest BCUT2D eigenvalue weighted by atomic mass is 16.5. The molecule has 0 saturated carbocycles. The molecule has 1 saturated heterocycles. The fourth-order valence-electron chi connectivity index (χ4n) is 3.77. The lowest BCUT2D eigenvalue weighted by atomic mass is 9.90. The van der Waals surface area contributed by atoms with Gasteiger partial charge in [0.25, 0.3) is 5.91 Å². The van der Waals surface area contributed by atoms with E-state index in [1.165, 1.54) is 14.2 Å². The van der Waals surface area contributed by atoms with Crippen LogP contribution in [0.4, 0.5) is 10.5 Å². The highest BCUT2D eigenvalue weighted by Gasteiger charge is 2.49. The number of carbonyl (C=O) groups excluding carboxylic acids is 3. The lowest BCUT2D eigenvalue weighted by Gasteiger charge is -2.22. The van der Waals surface area contributed by atoms with Crippen LogP contribution in [-0.2, 0) is 15.1 Å². The van der Waals surface area contributed by atoms with Crippen LogP contribution in [0.5, 0.6) is 11.5 Å². The number of hydrogen-bond acceptors (Lipinski definition) is 5. The first-order valence-corrected chi connectivity index (χ1v) is 10.0. The Labute approximate surface area is 185 Å². The Morgan fingerprint density at radius 2 is 1.75 bits per heavy atom. The number of amides is 4. The Hall–Kier alpha value is -4.07. The van der Waals surface area contributed by atoms with Gasteiger partial charge in [-0.05, 0) is 41.5 Å². The van der Waals surface area contributed by atoms with Gasteiger partial charge in [0, 0.05) is 6.07 Å². The van der Waals surface area contributed by atoms with Crippen molar-refractivity contribution in [2.45, 2.75) is 12.5 Å². The molecular weight excluding hydrogens is 410 g/mol. The summed E-state index contributed by atoms with van der Waals surface area (Å²) >= 11 is 0. The van der Waals surface area contributed by atoms with E-state index in [2.05, 4.69) is 10.6 Å². The van der Waals surface area contributed by atoms with Crippen molar-refractivity contribution in [3.8, 4) is 11.5 Å². The molecule has 3 aromatic rings. The number of benzene rings is 3. The second-order valence-electron chi connectivity index (χ2n) is 7.62. The SMILES string of the molecule is COc1ccc(NC(=O)CN2C(=O)NC(C)(c3ccc4ccccc4c3)C2=O)c(OC)c1. The fraction of sp³-hybridized carbons (Fsp3) is 0.208. The van der Waals surface area contributed by atoms with E-state index < -0.39 is 29.9 Å². The van der Waals surface area contributed by atoms with Gasteiger partial charge in [0.05, 0.1) is 19.9 Å². The highest BCUT2D eigenvalue weighted by Crippen LogP contribution is 2.32. The first kappa shape index (κ1) is 21.2. The van der Waals surface area contributed by atoms with Crippen molar-refractivity contribution in [2.75, 3.05) is 26.1 Å². The van der Waals surface area contributed by atoms with Crippen LogP contribution in [0.1, 0.15) is 12.5 Å². The molecule has 4 amide bonds. The minimum atomic E-state index is -1.26. The summed E-state index contributed by atoms with van der Waals surface area (Å²) in [6.07, 6.45) is 0. The second-order valence-corrected chi connectivity index (χ2v) is 7.62. The van der Waals surface area contributed by atoms with Crippen molar-refractivity contribution in [3.63, 3.8) is 0 Å². The van der Waals surface area contributed by atoms with Gasteiger partial charge >= 0.3 is 6.03 Å². The minimum Gasteiger partial charge on any atom is -0.497 e. The number of imide groups is 1. The van der Waals surface area contributed by atoms with Crippen LogP contribution in [0, 0.1) is 0 Å². The van der Waals surface area contributed by atoms with Crippen LogP contribution < -0.4 is 20.1 Å². The van der Waals surface area contributed by atoms with E-state index in [-0.39, 0.29) is 0 Å². The summed E-state index contributed by atoms with van der Waals surface area (Å²) in [6.45, 7) is 1.21. The van der Waals surface area contributed by atoms with Crippen molar-refractivity contribution in [1.29, 1.82) is 0 Å². The first-order valence-electron chi connectivity index (χ1n) is 10.0. The highest BCUT2D eigenvalue weighted by molar-refractivity contribution is 6.10. The average Bonchev–Trinajstić information content (AvgIpc) is 3.02. The van der Waals surface area contributed by atoms with Gasteiger partial charge in [-0.3, -0.25) is 14.5 Å². The molecule has 1 fully saturated rings. The van der Waals surface area contributed by atoms with Gasteiger partial charge in [-0.1, -0.05) is 36.4 Å². The number of anilines is 1. The van der Waals surface area contributed by atoms with Gasteiger partial charge < -0.3 is 20.1 Å². The molecule has 0 spiro atoms. The van der Waals surface area contributed by atoms with E-state index in [0.717, 1.165) is 15.7 Å². The summed E-state index contributed by atoms with van der Waals surface area (Å²) in [5.74, 6) is -0.0506. The summed E-state index contributed by atoms with van der Waals surface area (Å²) in [4.78, 5) is 39.3. The fourth-order valence-corrected chi connectivity index (χ4v) is 3.77. The minimum absolute atomic E-state index is 0.399. The molecule has 1 aliphatic rings. The Bertz CT molecular complexity index is 1230. The molecule has 0 aliphatic carbocycles. The number of ether oxygens (including phenoxy) is 2. The maximum absolute atomic E-state index is 13.2. The topological polar surface area (TPSA) is 97.0 Å². The molecule has 4 rings (SSSR count). The summed E-state index contributed by atoms with van der Waals surface area (Å²) in [6, 6.07) is 17.6. The zero-order valence-electron chi connectivity index (χ0n) is 18.0. The smallest absolute Gasteiger partial charge is 0.325 e. The van der Waals surface area contributed by atoms with Crippen molar-refractivity contribution in [2.24, 2.45) is 0 Å². The summed E-state index contributed by atoms with van der Waals surface area (Å²) in [5, 5.41) is 7.40. The van der Waals surface area contributed by atoms with Crippen LogP contribution in [-0.4, -0.2) is 43.5 Å². The zero-order valence-corrected chi connectivity index (χ0v) is 18.0. The predicted molar refractivity (Wildman–Crippen MR) is 120 cm³/mol. The van der Waals surface area contributed by atoms with Crippen molar-refractivity contribution >= 4 is 34.3 Å². The van der Waals surface area contributed by atoms with E-state index in [1.807, 2.05) is 42.5 Å². The Balaban J connectivity index is 1.53. The number of hydrogen-bond donors (Lipinski definition) is 2. The molecule has 1 heterocycles. The third-order valence-electron chi connectivity index (χ3n) is 5.59. The average molecular weight is 433 g/mol. The standard InChI is InChI=1S/C24H23N3O5/c1-24(17-9-8-15-6-4-5-7-16(15)12-17)22(29)27(23(30)26-24)14-21(28)25-19-11-10-18(31-2)13-20(19)32-3/h4-13H,14H2,1-3H3,(H,25,28)(H,26,30). The molecule has 32 heavy (non-hydrogen) atoms. The van der Waals surface area contributed by atoms with Crippen LogP contribution in [0.2, 0.25) is 0 Å². The van der Waals surface area contributed by atoms with Gasteiger partial charge in [-0.15, -0.1) is 0 Å². The van der Waals surface area contributed by atoms with E-state index in [1.54, 1.807) is 25.1 Å². The lowest BCUT2D eigenvalue weighted by Crippen LogP contribution is -2.42. The van der Waals surface area contributed by atoms with Crippen LogP contribution in [0.15, 0.2) is 60.7 Å². The molecule has 0 aromatic heterocycles. The quantitative estimate of drug-likeness (QED) is 0.582. The maximum Gasteiger partial charge on any atom is 0.325 e. The van der Waals surface area contributed by atoms with Gasteiger partial charge in [0.15, 0.2) is 0 Å². The molecule has 0 radical (unpaired) electrons. The van der Waals surface area contributed by atoms with E-state index >= 15 is 0 Å². The molecule has 2 N–H and O–H groups in total. The number of carbonyl (C=O) groups is 3. The Kier molecular flexibility index (Phi) is 5.44. The molecular formula is C24H23N3O5. The third-order valence-corrected chi connectivity index (χ3v) is 5.59. The molecule has 8 heteroatoms. The van der Waals surface area contributed by atoms with Gasteiger partial charge in [-0.25, -0.2) is 4.79 Å². The summed E-state index contributed by atoms with van der Waals surface area (Å²) in [7, 11) is 2.99. The third kappa shape index (κ3) is 3.71. The van der Waals surface area contributed by atoms with E-state index in [4.69, 9.17) is 9.47 Å². The molecule has 1 aliphatic heterocycles. The van der Waals surface area contributed by atoms with Crippen LogP contribution >= 0.6 is 0 Å². The van der Waals surface area contributed by atoms with Crippen molar-refractivity contribution in [1.82, 2.24) is 10.2 Å².